The summed E-state index contributed by atoms with van der Waals surface area (Å²) >= 11 is 6.03. The Morgan fingerprint density at radius 3 is 2.35 bits per heavy atom. The molecule has 0 saturated carbocycles. The molecule has 0 fully saturated rings. The topological polar surface area (TPSA) is 49.4 Å². The summed E-state index contributed by atoms with van der Waals surface area (Å²) in [6.45, 7) is 1.99. The van der Waals surface area contributed by atoms with Crippen LogP contribution in [-0.2, 0) is 10.0 Å². The maximum atomic E-state index is 12.6. The summed E-state index contributed by atoms with van der Waals surface area (Å²) in [6, 6.07) is 14.7. The Labute approximate surface area is 143 Å². The van der Waals surface area contributed by atoms with Crippen LogP contribution in [0.15, 0.2) is 53.4 Å². The first-order valence-corrected chi connectivity index (χ1v) is 9.15. The minimum atomic E-state index is -3.61. The average Bonchev–Trinajstić information content (AvgIpc) is 2.50. The highest BCUT2D eigenvalue weighted by atomic mass is 35.5. The molecule has 0 bridgehead atoms. The molecule has 2 aromatic carbocycles. The molecule has 0 saturated heterocycles. The zero-order chi connectivity index (χ0) is 17.0. The number of hydrogen-bond acceptors (Lipinski definition) is 3. The van der Waals surface area contributed by atoms with Gasteiger partial charge in [-0.1, -0.05) is 48.0 Å². The van der Waals surface area contributed by atoms with Gasteiger partial charge in [0.2, 0.25) is 10.0 Å². The molecule has 0 spiro atoms. The molecule has 0 aliphatic carbocycles. The van der Waals surface area contributed by atoms with E-state index in [-0.39, 0.29) is 17.5 Å². The van der Waals surface area contributed by atoms with Crippen molar-refractivity contribution in [1.82, 2.24) is 9.62 Å². The maximum Gasteiger partial charge on any atom is 0.240 e. The van der Waals surface area contributed by atoms with Crippen LogP contribution in [-0.4, -0.2) is 34.0 Å². The first kappa shape index (κ1) is 17.9. The van der Waals surface area contributed by atoms with E-state index in [2.05, 4.69) is 4.72 Å². The fourth-order valence-corrected chi connectivity index (χ4v) is 3.95. The van der Waals surface area contributed by atoms with Crippen molar-refractivity contribution in [2.75, 3.05) is 20.6 Å². The summed E-state index contributed by atoms with van der Waals surface area (Å²) in [5, 5.41) is 0.445. The molecule has 1 atom stereocenters. The van der Waals surface area contributed by atoms with Crippen LogP contribution in [0.5, 0.6) is 0 Å². The second-order valence-corrected chi connectivity index (χ2v) is 7.75. The van der Waals surface area contributed by atoms with Crippen LogP contribution in [0.3, 0.4) is 0 Å². The van der Waals surface area contributed by atoms with Crippen LogP contribution >= 0.6 is 11.6 Å². The molecule has 2 aromatic rings. The largest absolute Gasteiger partial charge is 0.301 e. The summed E-state index contributed by atoms with van der Waals surface area (Å²) in [5.41, 5.74) is 1.62. The molecule has 0 aliphatic heterocycles. The number of hydrogen-bond donors (Lipinski definition) is 1. The van der Waals surface area contributed by atoms with Gasteiger partial charge in [0.1, 0.15) is 0 Å². The van der Waals surface area contributed by atoms with Gasteiger partial charge >= 0.3 is 0 Å². The smallest absolute Gasteiger partial charge is 0.240 e. The van der Waals surface area contributed by atoms with Crippen LogP contribution in [0.1, 0.15) is 17.2 Å². The van der Waals surface area contributed by atoms with Gasteiger partial charge in [-0.05, 0) is 44.3 Å². The Morgan fingerprint density at radius 2 is 1.74 bits per heavy atom. The third-order valence-corrected chi connectivity index (χ3v) is 5.76. The van der Waals surface area contributed by atoms with Gasteiger partial charge in [0, 0.05) is 17.6 Å². The van der Waals surface area contributed by atoms with Gasteiger partial charge in [-0.15, -0.1) is 0 Å². The maximum absolute atomic E-state index is 12.6. The summed E-state index contributed by atoms with van der Waals surface area (Å²) in [4.78, 5) is 2.21. The van der Waals surface area contributed by atoms with Crippen molar-refractivity contribution in [3.8, 4) is 0 Å². The van der Waals surface area contributed by atoms with Crippen molar-refractivity contribution < 1.29 is 8.42 Å². The predicted octanol–water partition coefficient (Wildman–Crippen LogP) is 3.23. The van der Waals surface area contributed by atoms with Crippen LogP contribution in [0.25, 0.3) is 0 Å². The van der Waals surface area contributed by atoms with Crippen molar-refractivity contribution in [3.05, 3.63) is 64.7 Å². The van der Waals surface area contributed by atoms with Gasteiger partial charge in [-0.2, -0.15) is 0 Å². The second-order valence-electron chi connectivity index (χ2n) is 5.60. The van der Waals surface area contributed by atoms with Crippen molar-refractivity contribution in [2.24, 2.45) is 0 Å². The normalized spacial score (nSPS) is 13.3. The number of nitrogens with zero attached hydrogens (tertiary/aromatic N) is 1. The van der Waals surface area contributed by atoms with E-state index in [1.807, 2.05) is 49.3 Å². The zero-order valence-corrected chi connectivity index (χ0v) is 15.0. The lowest BCUT2D eigenvalue weighted by Crippen LogP contribution is -2.34. The van der Waals surface area contributed by atoms with E-state index in [0.29, 0.717) is 10.6 Å². The van der Waals surface area contributed by atoms with E-state index >= 15 is 0 Å². The molecule has 4 nitrogen and oxygen atoms in total. The first-order valence-electron chi connectivity index (χ1n) is 7.29. The number of rotatable bonds is 6. The number of sulfonamides is 1. The standard InChI is InChI=1S/C17H21ClN2O2S/c1-13-15(18)10-7-11-17(13)23(21,22)19-12-16(20(2)3)14-8-5-4-6-9-14/h4-11,16,19H,12H2,1-3H3. The summed E-state index contributed by atoms with van der Waals surface area (Å²) in [7, 11) is 0.243. The number of benzene rings is 2. The predicted molar refractivity (Wildman–Crippen MR) is 94.2 cm³/mol. The van der Waals surface area contributed by atoms with Gasteiger partial charge in [0.05, 0.1) is 4.90 Å². The lowest BCUT2D eigenvalue weighted by Gasteiger charge is -2.25. The van der Waals surface area contributed by atoms with Crippen LogP contribution < -0.4 is 4.72 Å². The molecule has 6 heteroatoms. The van der Waals surface area contributed by atoms with E-state index in [1.54, 1.807) is 25.1 Å². The van der Waals surface area contributed by atoms with Gasteiger partial charge in [-0.25, -0.2) is 13.1 Å². The molecule has 0 amide bonds. The van der Waals surface area contributed by atoms with Gasteiger partial charge in [0.25, 0.3) is 0 Å². The molecule has 0 radical (unpaired) electrons. The molecule has 2 rings (SSSR count). The minimum absolute atomic E-state index is 0.0505. The Morgan fingerprint density at radius 1 is 1.09 bits per heavy atom. The Kier molecular flexibility index (Phi) is 5.81. The van der Waals surface area contributed by atoms with Gasteiger partial charge < -0.3 is 4.90 Å². The van der Waals surface area contributed by atoms with E-state index < -0.39 is 10.0 Å². The van der Waals surface area contributed by atoms with Crippen molar-refractivity contribution >= 4 is 21.6 Å². The summed E-state index contributed by atoms with van der Waals surface area (Å²) in [6.07, 6.45) is 0. The third kappa shape index (κ3) is 4.32. The summed E-state index contributed by atoms with van der Waals surface area (Å²) < 4.78 is 27.8. The Hall–Kier alpha value is -1.40. The molecule has 1 N–H and O–H groups in total. The Balaban J connectivity index is 2.22. The second kappa shape index (κ2) is 7.45. The van der Waals surface area contributed by atoms with Crippen LogP contribution in [0.4, 0.5) is 0 Å². The number of nitrogens with one attached hydrogen (secondary N) is 1. The molecule has 1 unspecified atom stereocenters. The zero-order valence-electron chi connectivity index (χ0n) is 13.5. The fraction of sp³-hybridized carbons (Fsp3) is 0.294. The van der Waals surface area contributed by atoms with E-state index in [1.165, 1.54) is 0 Å². The third-order valence-electron chi connectivity index (χ3n) is 3.78. The molecule has 124 valence electrons. The number of halogens is 1. The molecular formula is C17H21ClN2O2S. The molecule has 23 heavy (non-hydrogen) atoms. The quantitative estimate of drug-likeness (QED) is 0.868. The van der Waals surface area contributed by atoms with Crippen molar-refractivity contribution in [3.63, 3.8) is 0 Å². The first-order chi connectivity index (χ1) is 10.8. The SMILES string of the molecule is Cc1c(Cl)cccc1S(=O)(=O)NCC(c1ccccc1)N(C)C. The fourth-order valence-electron chi connectivity index (χ4n) is 2.42. The Bertz CT molecular complexity index is 761. The number of likely N-dealkylation sites (N-methyl/N-ethyl adjacent to an activating group) is 1. The monoisotopic (exact) mass is 352 g/mol. The van der Waals surface area contributed by atoms with E-state index in [0.717, 1.165) is 5.56 Å². The van der Waals surface area contributed by atoms with Gasteiger partial charge in [-0.3, -0.25) is 0 Å². The lowest BCUT2D eigenvalue weighted by molar-refractivity contribution is 0.299. The molecule has 0 heterocycles. The van der Waals surface area contributed by atoms with Crippen LogP contribution in [0.2, 0.25) is 5.02 Å². The van der Waals surface area contributed by atoms with Crippen molar-refractivity contribution in [1.29, 1.82) is 0 Å². The highest BCUT2D eigenvalue weighted by Gasteiger charge is 2.21. The van der Waals surface area contributed by atoms with Crippen molar-refractivity contribution in [2.45, 2.75) is 17.9 Å². The highest BCUT2D eigenvalue weighted by Crippen LogP contribution is 2.23. The lowest BCUT2D eigenvalue weighted by atomic mass is 10.1. The van der Waals surface area contributed by atoms with E-state index in [9.17, 15) is 8.42 Å². The summed E-state index contributed by atoms with van der Waals surface area (Å²) in [5.74, 6) is 0. The highest BCUT2D eigenvalue weighted by molar-refractivity contribution is 7.89. The molecular weight excluding hydrogens is 332 g/mol. The average molecular weight is 353 g/mol. The minimum Gasteiger partial charge on any atom is -0.301 e. The van der Waals surface area contributed by atoms with Gasteiger partial charge in [0.15, 0.2) is 0 Å². The van der Waals surface area contributed by atoms with E-state index in [4.69, 9.17) is 11.6 Å². The molecule has 0 aromatic heterocycles. The van der Waals surface area contributed by atoms with Crippen LogP contribution in [0, 0.1) is 6.92 Å². The molecule has 0 aliphatic rings.